The highest BCUT2D eigenvalue weighted by Gasteiger charge is 2.13. The number of piperidine rings is 1. The zero-order valence-corrected chi connectivity index (χ0v) is 13.7. The molecule has 1 rings (SSSR count). The van der Waals surface area contributed by atoms with E-state index in [2.05, 4.69) is 22.5 Å². The quantitative estimate of drug-likeness (QED) is 0.751. The molecule has 0 aromatic heterocycles. The van der Waals surface area contributed by atoms with E-state index in [9.17, 15) is 4.79 Å². The molecular formula is C13H29Cl2N3O. The van der Waals surface area contributed by atoms with Gasteiger partial charge in [0.05, 0.1) is 0 Å². The summed E-state index contributed by atoms with van der Waals surface area (Å²) in [5, 5.41) is 5.98. The fourth-order valence-electron chi connectivity index (χ4n) is 2.26. The van der Waals surface area contributed by atoms with Gasteiger partial charge in [-0.05, 0) is 38.9 Å². The number of carbonyl (C=O) groups excluding carboxylic acids is 1. The van der Waals surface area contributed by atoms with Crippen LogP contribution < -0.4 is 10.6 Å². The van der Waals surface area contributed by atoms with Crippen molar-refractivity contribution in [3.8, 4) is 0 Å². The number of amides is 1. The van der Waals surface area contributed by atoms with E-state index in [1.165, 1.54) is 32.4 Å². The zero-order chi connectivity index (χ0) is 12.5. The maximum Gasteiger partial charge on any atom is 0.221 e. The van der Waals surface area contributed by atoms with Crippen LogP contribution in [0.3, 0.4) is 0 Å². The van der Waals surface area contributed by atoms with Gasteiger partial charge in [-0.2, -0.15) is 0 Å². The van der Waals surface area contributed by atoms with Crippen LogP contribution in [0.25, 0.3) is 0 Å². The number of hydrogen-bond acceptors (Lipinski definition) is 3. The van der Waals surface area contributed by atoms with Crippen molar-refractivity contribution < 1.29 is 4.79 Å². The molecule has 1 unspecified atom stereocenters. The standard InChI is InChI=1S/C13H27N3O.2ClH/c1-12(10-15-13(17)6-7-14-2)11-16-8-4-3-5-9-16;;/h12,14H,3-11H2,1-2H3,(H,15,17);2*1H. The summed E-state index contributed by atoms with van der Waals surface area (Å²) in [6.07, 6.45) is 4.63. The van der Waals surface area contributed by atoms with Gasteiger partial charge in [-0.3, -0.25) is 4.79 Å². The highest BCUT2D eigenvalue weighted by Crippen LogP contribution is 2.10. The summed E-state index contributed by atoms with van der Waals surface area (Å²) in [5.74, 6) is 0.705. The number of rotatable bonds is 7. The molecular weight excluding hydrogens is 285 g/mol. The van der Waals surface area contributed by atoms with Crippen molar-refractivity contribution in [1.29, 1.82) is 0 Å². The maximum atomic E-state index is 11.4. The predicted molar refractivity (Wildman–Crippen MR) is 85.5 cm³/mol. The second kappa shape index (κ2) is 13.0. The Morgan fingerprint density at radius 3 is 2.42 bits per heavy atom. The summed E-state index contributed by atoms with van der Waals surface area (Å²) in [4.78, 5) is 14.0. The van der Waals surface area contributed by atoms with Gasteiger partial charge < -0.3 is 15.5 Å². The lowest BCUT2D eigenvalue weighted by atomic mass is 10.1. The van der Waals surface area contributed by atoms with Crippen LogP contribution in [0.5, 0.6) is 0 Å². The van der Waals surface area contributed by atoms with E-state index in [1.54, 1.807) is 0 Å². The minimum Gasteiger partial charge on any atom is -0.356 e. The van der Waals surface area contributed by atoms with Crippen LogP contribution in [0.1, 0.15) is 32.6 Å². The van der Waals surface area contributed by atoms with Gasteiger partial charge in [0.2, 0.25) is 5.91 Å². The van der Waals surface area contributed by atoms with E-state index in [-0.39, 0.29) is 30.7 Å². The Morgan fingerprint density at radius 2 is 1.84 bits per heavy atom. The van der Waals surface area contributed by atoms with Crippen molar-refractivity contribution in [2.45, 2.75) is 32.6 Å². The summed E-state index contributed by atoms with van der Waals surface area (Å²) in [5.41, 5.74) is 0. The Balaban J connectivity index is 0. The summed E-state index contributed by atoms with van der Waals surface area (Å²) in [6.45, 7) is 7.36. The third kappa shape index (κ3) is 10.4. The average molecular weight is 314 g/mol. The van der Waals surface area contributed by atoms with Crippen molar-refractivity contribution in [2.24, 2.45) is 5.92 Å². The topological polar surface area (TPSA) is 44.4 Å². The van der Waals surface area contributed by atoms with Crippen molar-refractivity contribution in [3.05, 3.63) is 0 Å². The Morgan fingerprint density at radius 1 is 1.21 bits per heavy atom. The summed E-state index contributed by atoms with van der Waals surface area (Å²) >= 11 is 0. The van der Waals surface area contributed by atoms with Crippen LogP contribution in [0.15, 0.2) is 0 Å². The molecule has 19 heavy (non-hydrogen) atoms. The molecule has 1 atom stereocenters. The molecule has 1 fully saturated rings. The predicted octanol–water partition coefficient (Wildman–Crippen LogP) is 1.68. The number of carbonyl (C=O) groups is 1. The molecule has 0 radical (unpaired) electrons. The minimum atomic E-state index is 0. The monoisotopic (exact) mass is 313 g/mol. The van der Waals surface area contributed by atoms with Gasteiger partial charge in [-0.15, -0.1) is 24.8 Å². The lowest BCUT2D eigenvalue weighted by molar-refractivity contribution is -0.121. The first-order valence-corrected chi connectivity index (χ1v) is 6.86. The molecule has 116 valence electrons. The number of nitrogens with zero attached hydrogens (tertiary/aromatic N) is 1. The van der Waals surface area contributed by atoms with Crippen LogP contribution in [0.4, 0.5) is 0 Å². The van der Waals surface area contributed by atoms with E-state index in [0.717, 1.165) is 19.6 Å². The zero-order valence-electron chi connectivity index (χ0n) is 12.1. The number of halogens is 2. The molecule has 1 aliphatic rings. The Bertz CT molecular complexity index is 224. The summed E-state index contributed by atoms with van der Waals surface area (Å²) < 4.78 is 0. The lowest BCUT2D eigenvalue weighted by Gasteiger charge is -2.29. The van der Waals surface area contributed by atoms with Crippen molar-refractivity contribution in [3.63, 3.8) is 0 Å². The SMILES string of the molecule is CNCCC(=O)NCC(C)CN1CCCCC1.Cl.Cl. The van der Waals surface area contributed by atoms with Gasteiger partial charge in [0, 0.05) is 26.1 Å². The molecule has 0 bridgehead atoms. The molecule has 1 aliphatic heterocycles. The normalized spacial score (nSPS) is 16.9. The van der Waals surface area contributed by atoms with Crippen LogP contribution in [0.2, 0.25) is 0 Å². The first kappa shape index (κ1) is 21.3. The molecule has 2 N–H and O–H groups in total. The molecule has 1 saturated heterocycles. The fraction of sp³-hybridized carbons (Fsp3) is 0.923. The van der Waals surface area contributed by atoms with Gasteiger partial charge in [0.1, 0.15) is 0 Å². The molecule has 0 aliphatic carbocycles. The van der Waals surface area contributed by atoms with Crippen LogP contribution in [-0.2, 0) is 4.79 Å². The van der Waals surface area contributed by atoms with Crippen molar-refractivity contribution in [1.82, 2.24) is 15.5 Å². The number of hydrogen-bond donors (Lipinski definition) is 2. The molecule has 6 heteroatoms. The van der Waals surface area contributed by atoms with Gasteiger partial charge in [-0.1, -0.05) is 13.3 Å². The van der Waals surface area contributed by atoms with E-state index in [0.29, 0.717) is 12.3 Å². The molecule has 0 aromatic rings. The Kier molecular flexibility index (Phi) is 14.5. The molecule has 0 spiro atoms. The minimum absolute atomic E-state index is 0. The van der Waals surface area contributed by atoms with Crippen LogP contribution in [0, 0.1) is 5.92 Å². The van der Waals surface area contributed by atoms with E-state index >= 15 is 0 Å². The van der Waals surface area contributed by atoms with Gasteiger partial charge >= 0.3 is 0 Å². The second-order valence-corrected chi connectivity index (χ2v) is 5.12. The highest BCUT2D eigenvalue weighted by atomic mass is 35.5. The second-order valence-electron chi connectivity index (χ2n) is 5.12. The first-order chi connectivity index (χ1) is 8.22. The van der Waals surface area contributed by atoms with Crippen LogP contribution in [-0.4, -0.2) is 50.6 Å². The molecule has 1 amide bonds. The lowest BCUT2D eigenvalue weighted by Crippen LogP contribution is -2.38. The summed E-state index contributed by atoms with van der Waals surface area (Å²) in [6, 6.07) is 0. The molecule has 0 aromatic carbocycles. The van der Waals surface area contributed by atoms with Crippen molar-refractivity contribution in [2.75, 3.05) is 39.8 Å². The van der Waals surface area contributed by atoms with E-state index < -0.39 is 0 Å². The maximum absolute atomic E-state index is 11.4. The molecule has 0 saturated carbocycles. The molecule has 4 nitrogen and oxygen atoms in total. The molecule has 1 heterocycles. The van der Waals surface area contributed by atoms with Gasteiger partial charge in [0.25, 0.3) is 0 Å². The first-order valence-electron chi connectivity index (χ1n) is 6.86. The number of nitrogens with one attached hydrogen (secondary N) is 2. The van der Waals surface area contributed by atoms with Crippen molar-refractivity contribution >= 4 is 30.7 Å². The summed E-state index contributed by atoms with van der Waals surface area (Å²) in [7, 11) is 1.87. The van der Waals surface area contributed by atoms with Gasteiger partial charge in [-0.25, -0.2) is 0 Å². The Hall–Kier alpha value is -0.0300. The third-order valence-corrected chi connectivity index (χ3v) is 3.27. The average Bonchev–Trinajstić information content (AvgIpc) is 2.35. The highest BCUT2D eigenvalue weighted by molar-refractivity contribution is 5.85. The largest absolute Gasteiger partial charge is 0.356 e. The smallest absolute Gasteiger partial charge is 0.221 e. The van der Waals surface area contributed by atoms with Crippen LogP contribution >= 0.6 is 24.8 Å². The fourth-order valence-corrected chi connectivity index (χ4v) is 2.26. The van der Waals surface area contributed by atoms with Gasteiger partial charge in [0.15, 0.2) is 0 Å². The Labute approximate surface area is 129 Å². The van der Waals surface area contributed by atoms with E-state index in [1.807, 2.05) is 7.05 Å². The number of likely N-dealkylation sites (tertiary alicyclic amines) is 1. The van der Waals surface area contributed by atoms with E-state index in [4.69, 9.17) is 0 Å². The third-order valence-electron chi connectivity index (χ3n) is 3.27.